The summed E-state index contributed by atoms with van der Waals surface area (Å²) in [4.78, 5) is 15.2. The summed E-state index contributed by atoms with van der Waals surface area (Å²) in [6, 6.07) is 0. The van der Waals surface area contributed by atoms with Gasteiger partial charge >= 0.3 is 5.97 Å². The molecule has 0 spiro atoms. The highest BCUT2D eigenvalue weighted by Gasteiger charge is 2.47. The Morgan fingerprint density at radius 1 is 1.50 bits per heavy atom. The number of fused-ring (bicyclic) bond motifs is 1. The molecule has 0 bridgehead atoms. The molecule has 5 heteroatoms. The largest absolute Gasteiger partial charge is 0.490 e. The van der Waals surface area contributed by atoms with Gasteiger partial charge in [0.1, 0.15) is 17.8 Å². The summed E-state index contributed by atoms with van der Waals surface area (Å²) in [5.74, 6) is -1.40. The minimum absolute atomic E-state index is 0.0550. The van der Waals surface area contributed by atoms with Gasteiger partial charge in [-0.1, -0.05) is 0 Å². The summed E-state index contributed by atoms with van der Waals surface area (Å²) >= 11 is 0. The number of pyridine rings is 1. The molecule has 2 rings (SSSR count). The van der Waals surface area contributed by atoms with Crippen molar-refractivity contribution in [2.75, 3.05) is 6.61 Å². The molecule has 1 unspecified atom stereocenters. The normalized spacial score (nSPS) is 22.8. The first-order valence-electron chi connectivity index (χ1n) is 4.91. The first-order chi connectivity index (χ1) is 7.38. The van der Waals surface area contributed by atoms with Gasteiger partial charge in [-0.05, 0) is 20.8 Å². The number of ether oxygens (including phenoxy) is 1. The number of halogens is 1. The molecule has 0 saturated carbocycles. The van der Waals surface area contributed by atoms with E-state index < -0.39 is 17.2 Å². The SMILES string of the molecule is Cc1nc(C)c2c(c1F)C(C)(C(=O)O)CO2. The molecule has 0 radical (unpaired) electrons. The van der Waals surface area contributed by atoms with Gasteiger partial charge in [-0.2, -0.15) is 0 Å². The molecule has 2 heterocycles. The van der Waals surface area contributed by atoms with Crippen molar-refractivity contribution >= 4 is 5.97 Å². The lowest BCUT2D eigenvalue weighted by atomic mass is 9.84. The molecular formula is C11H12FNO3. The van der Waals surface area contributed by atoms with Crippen LogP contribution in [0.1, 0.15) is 23.9 Å². The lowest BCUT2D eigenvalue weighted by molar-refractivity contribution is -0.143. The number of hydrogen-bond donors (Lipinski definition) is 1. The third kappa shape index (κ3) is 1.20. The molecule has 0 aliphatic carbocycles. The Bertz CT molecular complexity index is 487. The van der Waals surface area contributed by atoms with Gasteiger partial charge < -0.3 is 9.84 Å². The lowest BCUT2D eigenvalue weighted by Crippen LogP contribution is -2.34. The summed E-state index contributed by atoms with van der Waals surface area (Å²) in [6.45, 7) is 4.60. The van der Waals surface area contributed by atoms with Gasteiger partial charge in [-0.25, -0.2) is 4.39 Å². The highest BCUT2D eigenvalue weighted by Crippen LogP contribution is 2.42. The van der Waals surface area contributed by atoms with Gasteiger partial charge in [0.25, 0.3) is 0 Å². The van der Waals surface area contributed by atoms with Crippen molar-refractivity contribution in [1.29, 1.82) is 0 Å². The summed E-state index contributed by atoms with van der Waals surface area (Å²) in [5, 5.41) is 9.16. The standard InChI is InChI=1S/C11H12FNO3/c1-5-8(12)7-9(6(2)13-5)16-4-11(7,3)10(14)15/h4H2,1-3H3,(H,14,15). The molecule has 86 valence electrons. The molecule has 0 fully saturated rings. The number of hydrogen-bond acceptors (Lipinski definition) is 3. The van der Waals surface area contributed by atoms with Gasteiger partial charge in [-0.15, -0.1) is 0 Å². The first kappa shape index (κ1) is 10.9. The van der Waals surface area contributed by atoms with Crippen molar-refractivity contribution in [2.45, 2.75) is 26.2 Å². The number of aromatic nitrogens is 1. The van der Waals surface area contributed by atoms with Gasteiger partial charge in [0.15, 0.2) is 5.82 Å². The number of carboxylic acid groups (broad SMARTS) is 1. The fourth-order valence-corrected chi connectivity index (χ4v) is 1.94. The molecule has 0 saturated heterocycles. The van der Waals surface area contributed by atoms with Gasteiger partial charge in [0.05, 0.1) is 17.0 Å². The van der Waals surface area contributed by atoms with Crippen LogP contribution in [-0.4, -0.2) is 22.7 Å². The molecule has 1 aliphatic rings. The second-order valence-electron chi connectivity index (χ2n) is 4.23. The molecule has 1 aliphatic heterocycles. The Balaban J connectivity index is 2.76. The summed E-state index contributed by atoms with van der Waals surface area (Å²) in [6.07, 6.45) is 0. The van der Waals surface area contributed by atoms with Gasteiger partial charge in [-0.3, -0.25) is 9.78 Å². The average Bonchev–Trinajstić information content (AvgIpc) is 2.55. The van der Waals surface area contributed by atoms with E-state index >= 15 is 0 Å². The monoisotopic (exact) mass is 225 g/mol. The minimum atomic E-state index is -1.32. The number of carboxylic acids is 1. The van der Waals surface area contributed by atoms with E-state index in [0.717, 1.165) is 0 Å². The number of aliphatic carboxylic acids is 1. The quantitative estimate of drug-likeness (QED) is 0.788. The molecule has 4 nitrogen and oxygen atoms in total. The van der Waals surface area contributed by atoms with Crippen molar-refractivity contribution in [3.63, 3.8) is 0 Å². The number of aryl methyl sites for hydroxylation is 2. The van der Waals surface area contributed by atoms with E-state index in [1.165, 1.54) is 13.8 Å². The molecule has 1 aromatic rings. The first-order valence-corrected chi connectivity index (χ1v) is 4.91. The van der Waals surface area contributed by atoms with Crippen LogP contribution in [0, 0.1) is 19.7 Å². The van der Waals surface area contributed by atoms with Crippen LogP contribution >= 0.6 is 0 Å². The van der Waals surface area contributed by atoms with E-state index in [1.54, 1.807) is 6.92 Å². The molecule has 1 aromatic heterocycles. The van der Waals surface area contributed by atoms with E-state index in [2.05, 4.69) is 4.98 Å². The Kier molecular flexibility index (Phi) is 2.15. The van der Waals surface area contributed by atoms with E-state index in [0.29, 0.717) is 5.69 Å². The van der Waals surface area contributed by atoms with E-state index in [-0.39, 0.29) is 23.6 Å². The summed E-state index contributed by atoms with van der Waals surface area (Å²) < 4.78 is 19.2. The predicted octanol–water partition coefficient (Wildman–Crippen LogP) is 1.57. The maximum Gasteiger partial charge on any atom is 0.317 e. The second kappa shape index (κ2) is 3.17. The smallest absolute Gasteiger partial charge is 0.317 e. The van der Waals surface area contributed by atoms with E-state index in [1.807, 2.05) is 0 Å². The van der Waals surface area contributed by atoms with Crippen molar-refractivity contribution in [3.8, 4) is 5.75 Å². The summed E-state index contributed by atoms with van der Waals surface area (Å²) in [7, 11) is 0. The van der Waals surface area contributed by atoms with Crippen LogP contribution < -0.4 is 4.74 Å². The minimum Gasteiger partial charge on any atom is -0.490 e. The molecule has 0 amide bonds. The van der Waals surface area contributed by atoms with Crippen molar-refractivity contribution in [2.24, 2.45) is 0 Å². The number of carbonyl (C=O) groups is 1. The second-order valence-corrected chi connectivity index (χ2v) is 4.23. The third-order valence-corrected chi connectivity index (χ3v) is 2.96. The Morgan fingerprint density at radius 2 is 2.12 bits per heavy atom. The maximum absolute atomic E-state index is 13.9. The van der Waals surface area contributed by atoms with Crippen molar-refractivity contribution in [3.05, 3.63) is 22.8 Å². The molecule has 16 heavy (non-hydrogen) atoms. The fraction of sp³-hybridized carbons (Fsp3) is 0.455. The van der Waals surface area contributed by atoms with Gasteiger partial charge in [0.2, 0.25) is 0 Å². The topological polar surface area (TPSA) is 59.4 Å². The highest BCUT2D eigenvalue weighted by molar-refractivity contribution is 5.83. The average molecular weight is 225 g/mol. The third-order valence-electron chi connectivity index (χ3n) is 2.96. The van der Waals surface area contributed by atoms with Crippen LogP contribution in [0.4, 0.5) is 4.39 Å². The van der Waals surface area contributed by atoms with E-state index in [4.69, 9.17) is 9.84 Å². The van der Waals surface area contributed by atoms with E-state index in [9.17, 15) is 9.18 Å². The molecule has 0 aromatic carbocycles. The van der Waals surface area contributed by atoms with Crippen LogP contribution in [0.5, 0.6) is 5.75 Å². The summed E-state index contributed by atoms with van der Waals surface area (Å²) in [5.41, 5.74) is -0.476. The predicted molar refractivity (Wildman–Crippen MR) is 54.2 cm³/mol. The van der Waals surface area contributed by atoms with Crippen LogP contribution in [0.15, 0.2) is 0 Å². The van der Waals surface area contributed by atoms with Crippen LogP contribution in [0.25, 0.3) is 0 Å². The van der Waals surface area contributed by atoms with Crippen LogP contribution in [-0.2, 0) is 10.2 Å². The molecule has 1 atom stereocenters. The van der Waals surface area contributed by atoms with Crippen molar-refractivity contribution < 1.29 is 19.0 Å². The molecule has 1 N–H and O–H groups in total. The van der Waals surface area contributed by atoms with Crippen LogP contribution in [0.3, 0.4) is 0 Å². The van der Waals surface area contributed by atoms with Gasteiger partial charge in [0, 0.05) is 0 Å². The lowest BCUT2D eigenvalue weighted by Gasteiger charge is -2.17. The Morgan fingerprint density at radius 3 is 2.69 bits per heavy atom. The van der Waals surface area contributed by atoms with Crippen LogP contribution in [0.2, 0.25) is 0 Å². The highest BCUT2D eigenvalue weighted by atomic mass is 19.1. The maximum atomic E-state index is 13.9. The Labute approximate surface area is 92.1 Å². The fourth-order valence-electron chi connectivity index (χ4n) is 1.94. The Hall–Kier alpha value is -1.65. The number of rotatable bonds is 1. The zero-order valence-corrected chi connectivity index (χ0v) is 9.30. The van der Waals surface area contributed by atoms with Crippen molar-refractivity contribution in [1.82, 2.24) is 4.98 Å². The zero-order valence-electron chi connectivity index (χ0n) is 9.30. The molecular weight excluding hydrogens is 213 g/mol. The number of nitrogens with zero attached hydrogens (tertiary/aromatic N) is 1. The zero-order chi connectivity index (χ0) is 12.1.